The quantitative estimate of drug-likeness (QED) is 0.225. The maximum atomic E-state index is 5.63. The molecule has 112 valence electrons. The molecule has 3 rings (SSSR count). The summed E-state index contributed by atoms with van der Waals surface area (Å²) in [7, 11) is 0. The van der Waals surface area contributed by atoms with Crippen LogP contribution < -0.4 is 24.8 Å². The first-order chi connectivity index (χ1) is 9.24. The minimum atomic E-state index is -0.263. The SMILES string of the molecule is CC[Si](Cl)=[Hf+2].[Cl-].[Cl-].c1cc[cH-]c1.c1ccc2[cH-]ccc2c1. The van der Waals surface area contributed by atoms with Crippen LogP contribution in [0.4, 0.5) is 0 Å². The molecular weight excluding hydrogens is 505 g/mol. The molecule has 0 aliphatic carbocycles. The molecule has 0 radical (unpaired) electrons. The summed E-state index contributed by atoms with van der Waals surface area (Å²) in [5.74, 6) is 0. The third-order valence-electron chi connectivity index (χ3n) is 2.41. The molecule has 3 aromatic carbocycles. The van der Waals surface area contributed by atoms with E-state index in [0.29, 0.717) is 0 Å². The van der Waals surface area contributed by atoms with Crippen molar-refractivity contribution < 1.29 is 47.8 Å². The maximum Gasteiger partial charge on any atom is -0.0809 e. The summed E-state index contributed by atoms with van der Waals surface area (Å²) >= 11 is 6.86. The molecule has 21 heavy (non-hydrogen) atoms. The zero-order valence-electron chi connectivity index (χ0n) is 11.8. The molecule has 0 spiro atoms. The van der Waals surface area contributed by atoms with Gasteiger partial charge in [-0.05, 0) is 0 Å². The maximum absolute atomic E-state index is 5.63. The smallest absolute Gasteiger partial charge is 0.0809 e. The summed E-state index contributed by atoms with van der Waals surface area (Å²) < 4.78 is 0. The Kier molecular flexibility index (Phi) is 16.8. The van der Waals surface area contributed by atoms with Crippen molar-refractivity contribution in [1.29, 1.82) is 0 Å². The van der Waals surface area contributed by atoms with E-state index in [4.69, 9.17) is 11.1 Å². The van der Waals surface area contributed by atoms with Crippen molar-refractivity contribution in [3.05, 3.63) is 72.8 Å². The standard InChI is InChI=1S/C9H7.C5H5.C2H5ClSi.2ClH.Hf/c1-2-5-9-7-3-6-8(9)4-1;1-2-4-5-3-1;1-2-4-3;;;/h1-7H;1-5H;2H2,1H3;2*1H;/q2*-1;;;;+2/p-2. The zero-order valence-corrected chi connectivity index (χ0v) is 18.6. The summed E-state index contributed by atoms with van der Waals surface area (Å²) in [6.45, 7) is 2.15. The number of hydrogen-bond donors (Lipinski definition) is 0. The molecule has 0 saturated heterocycles. The van der Waals surface area contributed by atoms with Crippen molar-refractivity contribution in [3.63, 3.8) is 0 Å². The van der Waals surface area contributed by atoms with Crippen LogP contribution in [0, 0.1) is 0 Å². The Balaban J connectivity index is 0. The van der Waals surface area contributed by atoms with Gasteiger partial charge in [0.1, 0.15) is 0 Å². The number of benzene rings is 1. The molecule has 0 N–H and O–H groups in total. The normalized spacial score (nSPS) is 8.19. The third-order valence-corrected chi connectivity index (χ3v) is 7.65. The second kappa shape index (κ2) is 15.0. The predicted molar refractivity (Wildman–Crippen MR) is 83.7 cm³/mol. The minimum absolute atomic E-state index is 0. The van der Waals surface area contributed by atoms with Crippen LogP contribution in [0.5, 0.6) is 0 Å². The molecule has 0 unspecified atom stereocenters. The van der Waals surface area contributed by atoms with Gasteiger partial charge in [0.05, 0.1) is 0 Å². The molecule has 0 fully saturated rings. The summed E-state index contributed by atoms with van der Waals surface area (Å²) in [5.41, 5.74) is 0. The van der Waals surface area contributed by atoms with Crippen LogP contribution in [0.1, 0.15) is 6.92 Å². The Bertz CT molecular complexity index is 529. The zero-order chi connectivity index (χ0) is 13.9. The first kappa shape index (κ1) is 23.4. The molecular formula is C16H17Cl3HfSi-2. The predicted octanol–water partition coefficient (Wildman–Crippen LogP) is -0.748. The van der Waals surface area contributed by atoms with Gasteiger partial charge in [0.15, 0.2) is 0 Å². The van der Waals surface area contributed by atoms with E-state index in [1.807, 2.05) is 30.3 Å². The summed E-state index contributed by atoms with van der Waals surface area (Å²) in [5, 5.41) is 2.66. The van der Waals surface area contributed by atoms with Crippen molar-refractivity contribution in [2.24, 2.45) is 0 Å². The van der Waals surface area contributed by atoms with Gasteiger partial charge in [-0.3, -0.25) is 0 Å². The second-order valence-electron chi connectivity index (χ2n) is 3.88. The molecule has 0 atom stereocenters. The van der Waals surface area contributed by atoms with Crippen LogP contribution in [0.15, 0.2) is 72.8 Å². The van der Waals surface area contributed by atoms with Crippen molar-refractivity contribution in [2.75, 3.05) is 0 Å². The van der Waals surface area contributed by atoms with Gasteiger partial charge in [-0.1, -0.05) is 6.07 Å². The molecule has 0 amide bonds. The van der Waals surface area contributed by atoms with Gasteiger partial charge >= 0.3 is 51.9 Å². The molecule has 0 bridgehead atoms. The van der Waals surface area contributed by atoms with Gasteiger partial charge in [0.25, 0.3) is 0 Å². The van der Waals surface area contributed by atoms with E-state index in [1.165, 1.54) is 39.8 Å². The largest absolute Gasteiger partial charge is 1.00 e. The van der Waals surface area contributed by atoms with Gasteiger partial charge < -0.3 is 24.8 Å². The van der Waals surface area contributed by atoms with E-state index in [9.17, 15) is 0 Å². The first-order valence-corrected chi connectivity index (χ1v) is 14.3. The van der Waals surface area contributed by atoms with Gasteiger partial charge in [0, 0.05) is 0 Å². The van der Waals surface area contributed by atoms with Crippen molar-refractivity contribution in [2.45, 2.75) is 13.0 Å². The Morgan fingerprint density at radius 2 is 1.57 bits per heavy atom. The molecule has 0 aromatic heterocycles. The monoisotopic (exact) mass is 522 g/mol. The van der Waals surface area contributed by atoms with Crippen LogP contribution in [-0.4, -0.2) is 4.80 Å². The van der Waals surface area contributed by atoms with Crippen LogP contribution in [0.3, 0.4) is 0 Å². The molecule has 0 aliphatic heterocycles. The van der Waals surface area contributed by atoms with Gasteiger partial charge in [-0.2, -0.15) is 35.7 Å². The van der Waals surface area contributed by atoms with E-state index in [1.54, 1.807) is 0 Å². The number of fused-ring (bicyclic) bond motifs is 1. The van der Waals surface area contributed by atoms with Gasteiger partial charge in [0.2, 0.25) is 0 Å². The van der Waals surface area contributed by atoms with Gasteiger partial charge in [-0.25, -0.2) is 12.1 Å². The Morgan fingerprint density at radius 3 is 2.00 bits per heavy atom. The van der Waals surface area contributed by atoms with Crippen molar-refractivity contribution in [1.82, 2.24) is 0 Å². The van der Waals surface area contributed by atoms with E-state index in [0.717, 1.165) is 0 Å². The Hall–Kier alpha value is 0.137. The van der Waals surface area contributed by atoms with Crippen LogP contribution in [0.2, 0.25) is 6.04 Å². The Labute approximate surface area is 159 Å². The topological polar surface area (TPSA) is 0 Å². The van der Waals surface area contributed by atoms with Crippen LogP contribution in [-0.2, 0) is 23.0 Å². The summed E-state index contributed by atoms with van der Waals surface area (Å²) in [4.78, 5) is -0.263. The van der Waals surface area contributed by atoms with Gasteiger partial charge in [-0.15, -0.1) is 29.7 Å². The average molecular weight is 522 g/mol. The first-order valence-electron chi connectivity index (χ1n) is 6.24. The molecule has 0 heterocycles. The number of rotatable bonds is 1. The fraction of sp³-hybridized carbons (Fsp3) is 0.125. The van der Waals surface area contributed by atoms with E-state index in [-0.39, 0.29) is 29.6 Å². The molecule has 0 aliphatic rings. The average Bonchev–Trinajstić information content (AvgIpc) is 3.13. The van der Waals surface area contributed by atoms with Crippen LogP contribution >= 0.6 is 11.1 Å². The molecule has 5 heteroatoms. The molecule has 0 saturated carbocycles. The fourth-order valence-electron chi connectivity index (χ4n) is 1.39. The van der Waals surface area contributed by atoms with Crippen LogP contribution in [0.25, 0.3) is 10.8 Å². The van der Waals surface area contributed by atoms with E-state index < -0.39 is 0 Å². The number of halogens is 3. The molecule has 3 aromatic rings. The summed E-state index contributed by atoms with van der Waals surface area (Å²) in [6.07, 6.45) is 0. The number of hydrogen-bond acceptors (Lipinski definition) is 0. The Morgan fingerprint density at radius 1 is 1.00 bits per heavy atom. The summed E-state index contributed by atoms with van der Waals surface area (Å²) in [6, 6.07) is 25.9. The fourth-order valence-corrected chi connectivity index (χ4v) is 1.39. The third kappa shape index (κ3) is 11.4. The van der Waals surface area contributed by atoms with E-state index >= 15 is 0 Å². The van der Waals surface area contributed by atoms with E-state index in [2.05, 4.69) is 49.4 Å². The molecule has 0 nitrogen and oxygen atoms in total. The van der Waals surface area contributed by atoms with Crippen molar-refractivity contribution in [3.8, 4) is 0 Å². The minimum Gasteiger partial charge on any atom is -1.00 e. The second-order valence-corrected chi connectivity index (χ2v) is 16.7. The van der Waals surface area contributed by atoms with Crippen molar-refractivity contribution >= 4 is 26.7 Å².